The molecule has 4 aromatic rings. The molecular weight excluding hydrogens is 434 g/mol. The quantitative estimate of drug-likeness (QED) is 0.385. The molecule has 0 spiro atoms. The average Bonchev–Trinajstić information content (AvgIpc) is 2.89. The van der Waals surface area contributed by atoms with Crippen LogP contribution < -0.4 is 10.1 Å². The van der Waals surface area contributed by atoms with Crippen molar-refractivity contribution in [2.75, 3.05) is 11.9 Å². The normalized spacial score (nSPS) is 10.4. The van der Waals surface area contributed by atoms with E-state index in [0.717, 1.165) is 5.56 Å². The Bertz CT molecular complexity index is 1270. The maximum Gasteiger partial charge on any atom is 0.340 e. The van der Waals surface area contributed by atoms with E-state index in [1.54, 1.807) is 42.7 Å². The van der Waals surface area contributed by atoms with E-state index in [4.69, 9.17) is 9.47 Å². The molecular formula is C25H21N5O4. The van der Waals surface area contributed by atoms with E-state index in [-0.39, 0.29) is 29.4 Å². The van der Waals surface area contributed by atoms with Crippen molar-refractivity contribution in [3.8, 4) is 22.8 Å². The Morgan fingerprint density at radius 1 is 0.912 bits per heavy atom. The first kappa shape index (κ1) is 22.5. The van der Waals surface area contributed by atoms with E-state index in [1.807, 2.05) is 25.1 Å². The molecule has 0 saturated carbocycles. The summed E-state index contributed by atoms with van der Waals surface area (Å²) in [6.07, 6.45) is 8.03. The molecule has 9 nitrogen and oxygen atoms in total. The van der Waals surface area contributed by atoms with Crippen molar-refractivity contribution in [2.45, 2.75) is 13.3 Å². The van der Waals surface area contributed by atoms with E-state index in [0.29, 0.717) is 17.7 Å². The van der Waals surface area contributed by atoms with Crippen molar-refractivity contribution in [3.05, 3.63) is 90.9 Å². The number of carbonyl (C=O) groups excluding carboxylic acids is 2. The molecule has 2 aromatic carbocycles. The number of nitrogens with one attached hydrogen (secondary N) is 1. The van der Waals surface area contributed by atoms with Gasteiger partial charge in [-0.3, -0.25) is 4.79 Å². The number of carbonyl (C=O) groups is 2. The largest absolute Gasteiger partial charge is 0.462 e. The number of anilines is 1. The Balaban J connectivity index is 1.54. The van der Waals surface area contributed by atoms with Crippen molar-refractivity contribution >= 4 is 17.6 Å². The van der Waals surface area contributed by atoms with Crippen LogP contribution in [0.1, 0.15) is 34.2 Å². The fourth-order valence-electron chi connectivity index (χ4n) is 3.00. The molecule has 0 fully saturated rings. The first-order chi connectivity index (χ1) is 16.6. The van der Waals surface area contributed by atoms with Crippen LogP contribution in [-0.2, 0) is 4.74 Å². The smallest absolute Gasteiger partial charge is 0.340 e. The molecule has 0 atom stereocenters. The maximum absolute atomic E-state index is 12.8. The van der Waals surface area contributed by atoms with Crippen molar-refractivity contribution in [2.24, 2.45) is 0 Å². The van der Waals surface area contributed by atoms with Crippen LogP contribution in [0.25, 0.3) is 11.1 Å². The van der Waals surface area contributed by atoms with Crippen LogP contribution in [0.3, 0.4) is 0 Å². The predicted octanol–water partition coefficient (Wildman–Crippen LogP) is 4.55. The summed E-state index contributed by atoms with van der Waals surface area (Å²) >= 11 is 0. The molecule has 0 radical (unpaired) electrons. The van der Waals surface area contributed by atoms with Crippen LogP contribution in [0.15, 0.2) is 79.6 Å². The molecule has 1 N–H and O–H groups in total. The lowest BCUT2D eigenvalue weighted by Gasteiger charge is -2.13. The highest BCUT2D eigenvalue weighted by Gasteiger charge is 2.18. The molecule has 1 amide bonds. The second-order valence-electron chi connectivity index (χ2n) is 7.13. The molecule has 0 aliphatic heterocycles. The van der Waals surface area contributed by atoms with Gasteiger partial charge in [0.25, 0.3) is 5.91 Å². The Kier molecular flexibility index (Phi) is 7.14. The lowest BCUT2D eigenvalue weighted by molar-refractivity contribution is 0.0506. The van der Waals surface area contributed by atoms with E-state index in [9.17, 15) is 9.59 Å². The summed E-state index contributed by atoms with van der Waals surface area (Å²) < 4.78 is 10.9. The molecule has 0 aliphatic rings. The van der Waals surface area contributed by atoms with Crippen LogP contribution in [0.2, 0.25) is 0 Å². The van der Waals surface area contributed by atoms with Crippen molar-refractivity contribution in [1.29, 1.82) is 0 Å². The molecule has 2 aromatic heterocycles. The van der Waals surface area contributed by atoms with Gasteiger partial charge in [0, 0.05) is 18.0 Å². The molecule has 9 heteroatoms. The van der Waals surface area contributed by atoms with Gasteiger partial charge < -0.3 is 14.8 Å². The van der Waals surface area contributed by atoms with Crippen LogP contribution in [0.4, 0.5) is 5.69 Å². The van der Waals surface area contributed by atoms with Gasteiger partial charge in [-0.2, -0.15) is 0 Å². The Morgan fingerprint density at radius 3 is 2.41 bits per heavy atom. The van der Waals surface area contributed by atoms with Gasteiger partial charge in [-0.1, -0.05) is 31.2 Å². The number of rotatable bonds is 8. The molecule has 0 aliphatic carbocycles. The highest BCUT2D eigenvalue weighted by Crippen LogP contribution is 2.26. The summed E-state index contributed by atoms with van der Waals surface area (Å²) in [6, 6.07) is 14.1. The van der Waals surface area contributed by atoms with Crippen LogP contribution in [0, 0.1) is 0 Å². The third kappa shape index (κ3) is 5.57. The van der Waals surface area contributed by atoms with Crippen LogP contribution in [0.5, 0.6) is 11.6 Å². The number of para-hydroxylation sites is 1. The summed E-state index contributed by atoms with van der Waals surface area (Å²) in [5.74, 6) is -0.221. The monoisotopic (exact) mass is 455 g/mol. The Labute approximate surface area is 195 Å². The van der Waals surface area contributed by atoms with E-state index in [2.05, 4.69) is 25.3 Å². The number of amides is 1. The highest BCUT2D eigenvalue weighted by molar-refractivity contribution is 6.07. The second kappa shape index (κ2) is 10.8. The average molecular weight is 455 g/mol. The SMILES string of the molecule is CCCOC(=O)c1cc(-c2cncnc2)ccc1NC(=O)c1cnc(Oc2ccccc2)cn1. The maximum atomic E-state index is 12.8. The first-order valence-electron chi connectivity index (χ1n) is 10.6. The Morgan fingerprint density at radius 2 is 1.71 bits per heavy atom. The molecule has 34 heavy (non-hydrogen) atoms. The highest BCUT2D eigenvalue weighted by atomic mass is 16.5. The minimum Gasteiger partial charge on any atom is -0.462 e. The van der Waals surface area contributed by atoms with Gasteiger partial charge in [-0.05, 0) is 36.2 Å². The predicted molar refractivity (Wildman–Crippen MR) is 125 cm³/mol. The number of hydrogen-bond acceptors (Lipinski definition) is 8. The van der Waals surface area contributed by atoms with Gasteiger partial charge in [0.2, 0.25) is 5.88 Å². The summed E-state index contributed by atoms with van der Waals surface area (Å²) in [6.45, 7) is 2.16. The third-order valence-electron chi connectivity index (χ3n) is 4.65. The zero-order valence-electron chi connectivity index (χ0n) is 18.3. The molecule has 0 saturated heterocycles. The Hall–Kier alpha value is -4.66. The van der Waals surface area contributed by atoms with Gasteiger partial charge in [0.15, 0.2) is 0 Å². The van der Waals surface area contributed by atoms with Crippen molar-refractivity contribution in [1.82, 2.24) is 19.9 Å². The molecule has 170 valence electrons. The number of benzene rings is 2. The zero-order chi connectivity index (χ0) is 23.8. The number of nitrogens with zero attached hydrogens (tertiary/aromatic N) is 4. The van der Waals surface area contributed by atoms with Crippen LogP contribution in [-0.4, -0.2) is 38.4 Å². The molecule has 0 unspecified atom stereocenters. The number of aromatic nitrogens is 4. The van der Waals surface area contributed by atoms with Crippen molar-refractivity contribution in [3.63, 3.8) is 0 Å². The summed E-state index contributed by atoms with van der Waals surface area (Å²) in [4.78, 5) is 41.8. The van der Waals surface area contributed by atoms with Crippen LogP contribution >= 0.6 is 0 Å². The van der Waals surface area contributed by atoms with Gasteiger partial charge in [-0.15, -0.1) is 0 Å². The molecule has 0 bridgehead atoms. The standard InChI is InChI=1S/C25H21N5O4/c1-2-10-33-25(32)20-11-17(18-12-26-16-27-13-18)8-9-21(20)30-24(31)22-14-29-23(15-28-22)34-19-6-4-3-5-7-19/h3-9,11-16H,2,10H2,1H3,(H,30,31). The van der Waals surface area contributed by atoms with Crippen molar-refractivity contribution < 1.29 is 19.1 Å². The number of hydrogen-bond donors (Lipinski definition) is 1. The minimum atomic E-state index is -0.548. The van der Waals surface area contributed by atoms with E-state index in [1.165, 1.54) is 18.7 Å². The third-order valence-corrected chi connectivity index (χ3v) is 4.65. The fourth-order valence-corrected chi connectivity index (χ4v) is 3.00. The van der Waals surface area contributed by atoms with E-state index < -0.39 is 11.9 Å². The fraction of sp³-hybridized carbons (Fsp3) is 0.120. The first-order valence-corrected chi connectivity index (χ1v) is 10.6. The van der Waals surface area contributed by atoms with Gasteiger partial charge >= 0.3 is 5.97 Å². The van der Waals surface area contributed by atoms with Gasteiger partial charge in [0.05, 0.1) is 30.3 Å². The zero-order valence-corrected chi connectivity index (χ0v) is 18.3. The lowest BCUT2D eigenvalue weighted by Crippen LogP contribution is -2.17. The summed E-state index contributed by atoms with van der Waals surface area (Å²) in [5.41, 5.74) is 2.00. The van der Waals surface area contributed by atoms with E-state index >= 15 is 0 Å². The minimum absolute atomic E-state index is 0.0637. The summed E-state index contributed by atoms with van der Waals surface area (Å²) in [7, 11) is 0. The van der Waals surface area contributed by atoms with Gasteiger partial charge in [0.1, 0.15) is 17.8 Å². The lowest BCUT2D eigenvalue weighted by atomic mass is 10.0. The second-order valence-corrected chi connectivity index (χ2v) is 7.13. The van der Waals surface area contributed by atoms with Gasteiger partial charge in [-0.25, -0.2) is 24.7 Å². The number of esters is 1. The molecule has 4 rings (SSSR count). The molecule has 2 heterocycles. The number of ether oxygens (including phenoxy) is 2. The topological polar surface area (TPSA) is 116 Å². The summed E-state index contributed by atoms with van der Waals surface area (Å²) in [5, 5.41) is 2.72.